The predicted octanol–water partition coefficient (Wildman–Crippen LogP) is 0.580. The minimum atomic E-state index is -0.833. The molecule has 0 aromatic rings. The van der Waals surface area contributed by atoms with Crippen LogP contribution in [0.15, 0.2) is 0 Å². The minimum absolute atomic E-state index is 0.0417. The Bertz CT molecular complexity index is 153. The number of aliphatic carboxylic acids is 1. The first-order valence-corrected chi connectivity index (χ1v) is 2.56. The van der Waals surface area contributed by atoms with E-state index in [0.29, 0.717) is 0 Å². The van der Waals surface area contributed by atoms with Crippen molar-refractivity contribution in [3.63, 3.8) is 0 Å². The summed E-state index contributed by atoms with van der Waals surface area (Å²) < 4.78 is 0. The van der Waals surface area contributed by atoms with E-state index >= 15 is 0 Å². The van der Waals surface area contributed by atoms with Crippen LogP contribution < -0.4 is 0 Å². The largest absolute Gasteiger partial charge is 0.481 e. The number of carbonyl (C=O) groups is 2. The Morgan fingerprint density at radius 2 is 1.80 bits per heavy atom. The van der Waals surface area contributed by atoms with E-state index in [1.54, 1.807) is 6.07 Å². The molecule has 0 aliphatic rings. The number of rotatable bonds is 1. The zero-order valence-electron chi connectivity index (χ0n) is 5.92. The van der Waals surface area contributed by atoms with Crippen molar-refractivity contribution in [2.24, 2.45) is 0 Å². The fourth-order valence-corrected chi connectivity index (χ4v) is 0.111. The number of nitrogens with zero attached hydrogens (tertiary/aromatic N) is 1. The molecule has 0 saturated heterocycles. The second-order valence-corrected chi connectivity index (χ2v) is 1.56. The molecule has 0 rings (SSSR count). The van der Waals surface area contributed by atoms with E-state index in [9.17, 15) is 4.79 Å². The smallest absolute Gasteiger partial charge is 0.300 e. The molecular formula is C6H9NO3. The average molecular weight is 143 g/mol. The number of nitriles is 1. The van der Waals surface area contributed by atoms with Crippen LogP contribution in [0.5, 0.6) is 0 Å². The van der Waals surface area contributed by atoms with Crippen LogP contribution in [-0.2, 0) is 9.59 Å². The monoisotopic (exact) mass is 143 g/mol. The summed E-state index contributed by atoms with van der Waals surface area (Å²) in [6.07, 6.45) is 0.0417. The van der Waals surface area contributed by atoms with Gasteiger partial charge in [0.25, 0.3) is 5.97 Å². The Hall–Kier alpha value is -1.37. The van der Waals surface area contributed by atoms with E-state index < -0.39 is 5.97 Å². The molecule has 56 valence electrons. The Balaban J connectivity index is 0. The molecule has 0 amide bonds. The lowest BCUT2D eigenvalue weighted by molar-refractivity contribution is -0.134. The maximum absolute atomic E-state index is 9.82. The van der Waals surface area contributed by atoms with Crippen LogP contribution in [-0.4, -0.2) is 16.9 Å². The van der Waals surface area contributed by atoms with Gasteiger partial charge in [-0.2, -0.15) is 5.26 Å². The molecule has 0 heterocycles. The summed E-state index contributed by atoms with van der Waals surface area (Å²) in [4.78, 5) is 18.8. The van der Waals surface area contributed by atoms with Crippen LogP contribution in [0.1, 0.15) is 20.3 Å². The van der Waals surface area contributed by atoms with Crippen LogP contribution in [0, 0.1) is 11.3 Å². The lowest BCUT2D eigenvalue weighted by Crippen LogP contribution is -1.82. The van der Waals surface area contributed by atoms with Gasteiger partial charge in [0.1, 0.15) is 5.78 Å². The average Bonchev–Trinajstić information content (AvgIpc) is 1.62. The molecular weight excluding hydrogens is 134 g/mol. The summed E-state index contributed by atoms with van der Waals surface area (Å²) in [6.45, 7) is 2.48. The fourth-order valence-electron chi connectivity index (χ4n) is 0.111. The molecule has 0 aliphatic heterocycles. The Labute approximate surface area is 59.1 Å². The van der Waals surface area contributed by atoms with Crippen LogP contribution in [0.25, 0.3) is 0 Å². The number of ketones is 1. The Morgan fingerprint density at radius 1 is 1.50 bits per heavy atom. The van der Waals surface area contributed by atoms with Gasteiger partial charge in [0, 0.05) is 6.92 Å². The van der Waals surface area contributed by atoms with Crippen molar-refractivity contribution in [3.8, 4) is 6.07 Å². The SMILES string of the molecule is CC(=O)CC#N.CC(=O)O. The van der Waals surface area contributed by atoms with Gasteiger partial charge in [-0.15, -0.1) is 0 Å². The quantitative estimate of drug-likeness (QED) is 0.582. The van der Waals surface area contributed by atoms with Crippen molar-refractivity contribution in [3.05, 3.63) is 0 Å². The van der Waals surface area contributed by atoms with E-state index in [1.165, 1.54) is 6.92 Å². The third-order valence-electron chi connectivity index (χ3n) is 0.328. The maximum Gasteiger partial charge on any atom is 0.300 e. The third-order valence-corrected chi connectivity index (χ3v) is 0.328. The summed E-state index contributed by atoms with van der Waals surface area (Å²) >= 11 is 0. The van der Waals surface area contributed by atoms with Crippen molar-refractivity contribution < 1.29 is 14.7 Å². The third kappa shape index (κ3) is 79.1. The number of Topliss-reactive ketones (excluding diaryl/α,β-unsaturated/α-hetero) is 1. The lowest BCUT2D eigenvalue weighted by Gasteiger charge is -1.69. The maximum atomic E-state index is 9.82. The van der Waals surface area contributed by atoms with Crippen LogP contribution in [0.2, 0.25) is 0 Å². The Kier molecular flexibility index (Phi) is 8.72. The molecule has 0 aromatic heterocycles. The summed E-state index contributed by atoms with van der Waals surface area (Å²) in [5, 5.41) is 15.2. The molecule has 10 heavy (non-hydrogen) atoms. The Morgan fingerprint density at radius 3 is 1.80 bits per heavy atom. The summed E-state index contributed by atoms with van der Waals surface area (Å²) in [5.41, 5.74) is 0. The molecule has 0 unspecified atom stereocenters. The molecule has 0 bridgehead atoms. The zero-order valence-corrected chi connectivity index (χ0v) is 5.92. The van der Waals surface area contributed by atoms with E-state index in [-0.39, 0.29) is 12.2 Å². The molecule has 0 aromatic carbocycles. The number of carbonyl (C=O) groups excluding carboxylic acids is 1. The molecule has 4 nitrogen and oxygen atoms in total. The van der Waals surface area contributed by atoms with Crippen LogP contribution in [0.3, 0.4) is 0 Å². The highest BCUT2D eigenvalue weighted by Gasteiger charge is 1.83. The van der Waals surface area contributed by atoms with Gasteiger partial charge in [-0.25, -0.2) is 0 Å². The summed E-state index contributed by atoms with van der Waals surface area (Å²) in [5.74, 6) is -0.905. The highest BCUT2D eigenvalue weighted by atomic mass is 16.4. The van der Waals surface area contributed by atoms with Gasteiger partial charge < -0.3 is 5.11 Å². The van der Waals surface area contributed by atoms with Gasteiger partial charge in [0.05, 0.1) is 12.5 Å². The van der Waals surface area contributed by atoms with Gasteiger partial charge in [-0.05, 0) is 6.92 Å². The summed E-state index contributed by atoms with van der Waals surface area (Å²) in [7, 11) is 0. The van der Waals surface area contributed by atoms with Crippen LogP contribution >= 0.6 is 0 Å². The standard InChI is InChI=1S/C4H5NO.C2H4O2/c1-4(6)2-3-5;1-2(3)4/h2H2,1H3;1H3,(H,3,4). The van der Waals surface area contributed by atoms with Gasteiger partial charge in [-0.3, -0.25) is 9.59 Å². The molecule has 0 radical (unpaired) electrons. The lowest BCUT2D eigenvalue weighted by atomic mass is 10.3. The molecule has 0 aliphatic carbocycles. The first kappa shape index (κ1) is 11.4. The second kappa shape index (κ2) is 7.63. The normalized spacial score (nSPS) is 6.50. The van der Waals surface area contributed by atoms with Crippen molar-refractivity contribution in [1.82, 2.24) is 0 Å². The van der Waals surface area contributed by atoms with E-state index in [4.69, 9.17) is 15.2 Å². The molecule has 4 heteroatoms. The summed E-state index contributed by atoms with van der Waals surface area (Å²) in [6, 6.07) is 1.72. The first-order valence-electron chi connectivity index (χ1n) is 2.56. The molecule has 0 fully saturated rings. The van der Waals surface area contributed by atoms with Crippen LogP contribution in [0.4, 0.5) is 0 Å². The molecule has 1 N–H and O–H groups in total. The van der Waals surface area contributed by atoms with E-state index in [0.717, 1.165) is 6.92 Å². The predicted molar refractivity (Wildman–Crippen MR) is 34.2 cm³/mol. The molecule has 0 saturated carbocycles. The van der Waals surface area contributed by atoms with Gasteiger partial charge >= 0.3 is 0 Å². The van der Waals surface area contributed by atoms with Crippen molar-refractivity contribution in [2.75, 3.05) is 0 Å². The highest BCUT2D eigenvalue weighted by molar-refractivity contribution is 5.77. The van der Waals surface area contributed by atoms with E-state index in [1.807, 2.05) is 0 Å². The second-order valence-electron chi connectivity index (χ2n) is 1.56. The van der Waals surface area contributed by atoms with Crippen molar-refractivity contribution in [1.29, 1.82) is 5.26 Å². The van der Waals surface area contributed by atoms with Gasteiger partial charge in [0.15, 0.2) is 0 Å². The highest BCUT2D eigenvalue weighted by Crippen LogP contribution is 1.72. The van der Waals surface area contributed by atoms with Crippen molar-refractivity contribution >= 4 is 11.8 Å². The van der Waals surface area contributed by atoms with Gasteiger partial charge in [-0.1, -0.05) is 0 Å². The number of hydrogen-bond acceptors (Lipinski definition) is 3. The van der Waals surface area contributed by atoms with Gasteiger partial charge in [0.2, 0.25) is 0 Å². The number of hydrogen-bond donors (Lipinski definition) is 1. The fraction of sp³-hybridized carbons (Fsp3) is 0.500. The molecule has 0 spiro atoms. The molecule has 0 atom stereocenters. The van der Waals surface area contributed by atoms with E-state index in [2.05, 4.69) is 0 Å². The number of carboxylic acid groups (broad SMARTS) is 1. The first-order chi connectivity index (χ1) is 4.50. The number of carboxylic acids is 1. The topological polar surface area (TPSA) is 78.2 Å². The zero-order chi connectivity index (χ0) is 8.57. The minimum Gasteiger partial charge on any atom is -0.481 e. The van der Waals surface area contributed by atoms with Crippen molar-refractivity contribution in [2.45, 2.75) is 20.3 Å².